The average Bonchev–Trinajstić information content (AvgIpc) is 2.19. The third-order valence-electron chi connectivity index (χ3n) is 2.56. The normalized spacial score (nSPS) is 10.4. The van der Waals surface area contributed by atoms with Gasteiger partial charge in [-0.1, -0.05) is 6.07 Å². The largest absolute Gasteiger partial charge is 0.508 e. The molecule has 0 aliphatic heterocycles. The van der Waals surface area contributed by atoms with Gasteiger partial charge in [-0.15, -0.1) is 0 Å². The Labute approximate surface area is 95.5 Å². The number of nitrogens with two attached hydrogens (primary N) is 1. The molecule has 4 heteroatoms. The maximum atomic E-state index is 10.5. The van der Waals surface area contributed by atoms with E-state index in [-0.39, 0.29) is 11.7 Å². The van der Waals surface area contributed by atoms with Crippen LogP contribution in [0.5, 0.6) is 5.75 Å². The second kappa shape index (κ2) is 5.51. The topological polar surface area (TPSA) is 75.3 Å². The summed E-state index contributed by atoms with van der Waals surface area (Å²) in [6.07, 6.45) is 0.311. The summed E-state index contributed by atoms with van der Waals surface area (Å²) < 4.78 is 0. The summed E-state index contributed by atoms with van der Waals surface area (Å²) in [5.74, 6) is -0.0357. The number of rotatable bonds is 5. The predicted octanol–water partition coefficient (Wildman–Crippen LogP) is 0.974. The van der Waals surface area contributed by atoms with Crippen LogP contribution in [-0.4, -0.2) is 17.6 Å². The number of hydrogen-bond acceptors (Lipinski definition) is 3. The van der Waals surface area contributed by atoms with Crippen LogP contribution in [0.1, 0.15) is 23.1 Å². The van der Waals surface area contributed by atoms with Crippen molar-refractivity contribution in [3.8, 4) is 5.75 Å². The summed E-state index contributed by atoms with van der Waals surface area (Å²) in [6, 6.07) is 3.70. The van der Waals surface area contributed by atoms with Crippen molar-refractivity contribution in [1.82, 2.24) is 5.32 Å². The molecule has 1 amide bonds. The van der Waals surface area contributed by atoms with E-state index in [1.807, 2.05) is 19.9 Å². The Morgan fingerprint density at radius 1 is 1.38 bits per heavy atom. The van der Waals surface area contributed by atoms with Crippen LogP contribution in [0.25, 0.3) is 0 Å². The minimum absolute atomic E-state index is 0.287. The molecule has 4 N–H and O–H groups in total. The Kier molecular flexibility index (Phi) is 4.31. The minimum atomic E-state index is -0.322. The molecular formula is C12H18N2O2. The van der Waals surface area contributed by atoms with Crippen LogP contribution in [0.4, 0.5) is 0 Å². The fourth-order valence-electron chi connectivity index (χ4n) is 1.44. The highest BCUT2D eigenvalue weighted by atomic mass is 16.3. The van der Waals surface area contributed by atoms with Crippen molar-refractivity contribution in [2.24, 2.45) is 5.73 Å². The van der Waals surface area contributed by atoms with E-state index in [1.165, 1.54) is 0 Å². The van der Waals surface area contributed by atoms with Gasteiger partial charge in [-0.3, -0.25) is 4.79 Å². The molecule has 0 saturated carbocycles. The Balaban J connectivity index is 2.54. The van der Waals surface area contributed by atoms with Gasteiger partial charge in [0.1, 0.15) is 5.75 Å². The van der Waals surface area contributed by atoms with Crippen molar-refractivity contribution in [2.45, 2.75) is 26.8 Å². The first kappa shape index (κ1) is 12.5. The molecule has 0 saturated heterocycles. The highest BCUT2D eigenvalue weighted by Crippen LogP contribution is 2.21. The molecule has 0 aromatic heterocycles. The summed E-state index contributed by atoms with van der Waals surface area (Å²) in [7, 11) is 0. The number of carbonyl (C=O) groups excluding carboxylic acids is 1. The molecule has 0 radical (unpaired) electrons. The quantitative estimate of drug-likeness (QED) is 0.650. The van der Waals surface area contributed by atoms with Gasteiger partial charge in [-0.25, -0.2) is 0 Å². The van der Waals surface area contributed by atoms with Crippen LogP contribution in [0, 0.1) is 13.8 Å². The number of aromatic hydroxyl groups is 1. The van der Waals surface area contributed by atoms with Crippen LogP contribution in [0.3, 0.4) is 0 Å². The predicted molar refractivity (Wildman–Crippen MR) is 63.1 cm³/mol. The summed E-state index contributed by atoms with van der Waals surface area (Å²) >= 11 is 0. The van der Waals surface area contributed by atoms with Crippen molar-refractivity contribution in [1.29, 1.82) is 0 Å². The molecule has 0 unspecified atom stereocenters. The fourth-order valence-corrected chi connectivity index (χ4v) is 1.44. The van der Waals surface area contributed by atoms with Crippen molar-refractivity contribution in [3.63, 3.8) is 0 Å². The smallest absolute Gasteiger partial charge is 0.218 e. The first-order valence-corrected chi connectivity index (χ1v) is 5.29. The maximum absolute atomic E-state index is 10.5. The third-order valence-corrected chi connectivity index (χ3v) is 2.56. The molecule has 0 heterocycles. The number of nitrogens with one attached hydrogen (secondary N) is 1. The lowest BCUT2D eigenvalue weighted by atomic mass is 10.1. The molecular weight excluding hydrogens is 204 g/mol. The molecule has 1 aromatic rings. The number of hydrogen-bond donors (Lipinski definition) is 3. The van der Waals surface area contributed by atoms with Gasteiger partial charge in [0.2, 0.25) is 5.91 Å². The van der Waals surface area contributed by atoms with E-state index in [9.17, 15) is 9.90 Å². The molecule has 0 aliphatic carbocycles. The second-order valence-corrected chi connectivity index (χ2v) is 3.96. The lowest BCUT2D eigenvalue weighted by Gasteiger charge is -2.09. The molecule has 0 fully saturated rings. The van der Waals surface area contributed by atoms with E-state index in [1.54, 1.807) is 6.07 Å². The Morgan fingerprint density at radius 2 is 2.00 bits per heavy atom. The van der Waals surface area contributed by atoms with Crippen molar-refractivity contribution >= 4 is 5.91 Å². The Bertz CT molecular complexity index is 389. The third kappa shape index (κ3) is 3.55. The second-order valence-electron chi connectivity index (χ2n) is 3.96. The van der Waals surface area contributed by atoms with E-state index in [0.717, 1.165) is 16.7 Å². The van der Waals surface area contributed by atoms with Gasteiger partial charge < -0.3 is 16.2 Å². The Hall–Kier alpha value is -1.55. The van der Waals surface area contributed by atoms with Gasteiger partial charge >= 0.3 is 0 Å². The highest BCUT2D eigenvalue weighted by Gasteiger charge is 2.03. The molecule has 0 spiro atoms. The summed E-state index contributed by atoms with van der Waals surface area (Å²) in [5, 5.41) is 12.8. The number of aryl methyl sites for hydroxylation is 2. The fraction of sp³-hybridized carbons (Fsp3) is 0.417. The Morgan fingerprint density at radius 3 is 2.62 bits per heavy atom. The summed E-state index contributed by atoms with van der Waals surface area (Å²) in [4.78, 5) is 10.5. The zero-order valence-corrected chi connectivity index (χ0v) is 9.71. The van der Waals surface area contributed by atoms with E-state index >= 15 is 0 Å². The lowest BCUT2D eigenvalue weighted by molar-refractivity contribution is -0.117. The monoisotopic (exact) mass is 222 g/mol. The summed E-state index contributed by atoms with van der Waals surface area (Å²) in [5.41, 5.74) is 8.07. The number of amides is 1. The molecule has 0 aliphatic rings. The van der Waals surface area contributed by atoms with E-state index in [0.29, 0.717) is 19.5 Å². The van der Waals surface area contributed by atoms with Crippen LogP contribution in [0.15, 0.2) is 12.1 Å². The first-order chi connectivity index (χ1) is 7.50. The van der Waals surface area contributed by atoms with Gasteiger partial charge in [-0.2, -0.15) is 0 Å². The van der Waals surface area contributed by atoms with Gasteiger partial charge in [0.25, 0.3) is 0 Å². The van der Waals surface area contributed by atoms with Gasteiger partial charge in [0, 0.05) is 25.1 Å². The van der Waals surface area contributed by atoms with Crippen LogP contribution in [0.2, 0.25) is 0 Å². The van der Waals surface area contributed by atoms with E-state index < -0.39 is 0 Å². The van der Waals surface area contributed by atoms with Gasteiger partial charge in [0.15, 0.2) is 0 Å². The number of phenolic OH excluding ortho intramolecular Hbond substituents is 1. The first-order valence-electron chi connectivity index (χ1n) is 5.29. The number of benzene rings is 1. The van der Waals surface area contributed by atoms with E-state index in [2.05, 4.69) is 5.32 Å². The van der Waals surface area contributed by atoms with Gasteiger partial charge in [-0.05, 0) is 31.0 Å². The van der Waals surface area contributed by atoms with Crippen LogP contribution >= 0.6 is 0 Å². The number of carbonyl (C=O) groups is 1. The standard InChI is InChI=1S/C12H18N2O2/c1-8-5-10(11(15)6-9(8)2)7-14-4-3-12(13)16/h5-6,14-15H,3-4,7H2,1-2H3,(H2,13,16). The van der Waals surface area contributed by atoms with Crippen LogP contribution < -0.4 is 11.1 Å². The highest BCUT2D eigenvalue weighted by molar-refractivity contribution is 5.73. The van der Waals surface area contributed by atoms with Crippen molar-refractivity contribution in [3.05, 3.63) is 28.8 Å². The summed E-state index contributed by atoms with van der Waals surface area (Å²) in [6.45, 7) is 5.03. The van der Waals surface area contributed by atoms with Crippen molar-refractivity contribution < 1.29 is 9.90 Å². The number of phenols is 1. The SMILES string of the molecule is Cc1cc(O)c(CNCCC(N)=O)cc1C. The number of primary amides is 1. The maximum Gasteiger partial charge on any atom is 0.218 e. The van der Waals surface area contributed by atoms with Gasteiger partial charge in [0.05, 0.1) is 0 Å². The molecule has 1 aromatic carbocycles. The molecule has 88 valence electrons. The minimum Gasteiger partial charge on any atom is -0.508 e. The molecule has 16 heavy (non-hydrogen) atoms. The van der Waals surface area contributed by atoms with Crippen molar-refractivity contribution in [2.75, 3.05) is 6.54 Å². The lowest BCUT2D eigenvalue weighted by Crippen LogP contribution is -2.21. The molecule has 0 atom stereocenters. The van der Waals surface area contributed by atoms with Crippen LogP contribution in [-0.2, 0) is 11.3 Å². The molecule has 4 nitrogen and oxygen atoms in total. The molecule has 1 rings (SSSR count). The zero-order chi connectivity index (χ0) is 12.1. The average molecular weight is 222 g/mol. The molecule has 0 bridgehead atoms. The zero-order valence-electron chi connectivity index (χ0n) is 9.71. The van der Waals surface area contributed by atoms with E-state index in [4.69, 9.17) is 5.73 Å².